The van der Waals surface area contributed by atoms with Crippen LogP contribution in [0.3, 0.4) is 0 Å². The van der Waals surface area contributed by atoms with Crippen molar-refractivity contribution < 1.29 is 28.6 Å². The lowest BCUT2D eigenvalue weighted by molar-refractivity contribution is 0.0600. The summed E-state index contributed by atoms with van der Waals surface area (Å²) in [7, 11) is 3.03. The van der Waals surface area contributed by atoms with Crippen molar-refractivity contribution in [3.8, 4) is 16.9 Å². The largest absolute Gasteiger partial charge is 0.494 e. The normalized spacial score (nSPS) is 10.5. The lowest BCUT2D eigenvalue weighted by atomic mass is 10.0. The van der Waals surface area contributed by atoms with E-state index in [9.17, 15) is 14.4 Å². The Morgan fingerprint density at radius 2 is 1.00 bits per heavy atom. The van der Waals surface area contributed by atoms with E-state index in [0.29, 0.717) is 23.3 Å². The molecule has 8 nitrogen and oxygen atoms in total. The Morgan fingerprint density at radius 1 is 0.564 bits per heavy atom. The van der Waals surface area contributed by atoms with E-state index in [0.717, 1.165) is 36.3 Å². The topological polar surface area (TPSA) is 103 Å². The van der Waals surface area contributed by atoms with Crippen LogP contribution in [0.1, 0.15) is 69.6 Å². The molecule has 0 aromatic heterocycles. The van der Waals surface area contributed by atoms with E-state index in [1.54, 1.807) is 19.2 Å². The molecule has 39 heavy (non-hydrogen) atoms. The summed E-state index contributed by atoms with van der Waals surface area (Å²) in [6.07, 6.45) is 7.01. The minimum absolute atomic E-state index is 0.291. The molecule has 0 atom stereocenters. The molecule has 0 spiro atoms. The first kappa shape index (κ1) is 29.4. The monoisotopic (exact) mass is 532 g/mol. The van der Waals surface area contributed by atoms with Gasteiger partial charge < -0.3 is 14.2 Å². The number of hydrazine groups is 1. The number of carbonyl (C=O) groups is 3. The smallest absolute Gasteiger partial charge is 0.337 e. The van der Waals surface area contributed by atoms with Gasteiger partial charge in [-0.15, -0.1) is 0 Å². The first-order chi connectivity index (χ1) is 19.0. The Balaban J connectivity index is 1.41. The van der Waals surface area contributed by atoms with Crippen LogP contribution < -0.4 is 15.6 Å². The van der Waals surface area contributed by atoms with E-state index in [2.05, 4.69) is 15.6 Å². The van der Waals surface area contributed by atoms with Crippen molar-refractivity contribution in [3.63, 3.8) is 0 Å². The summed E-state index contributed by atoms with van der Waals surface area (Å²) in [6, 6.07) is 20.9. The predicted molar refractivity (Wildman–Crippen MR) is 150 cm³/mol. The van der Waals surface area contributed by atoms with Crippen LogP contribution in [0.2, 0.25) is 0 Å². The van der Waals surface area contributed by atoms with Crippen LogP contribution in [0.5, 0.6) is 5.75 Å². The van der Waals surface area contributed by atoms with Crippen molar-refractivity contribution in [1.29, 1.82) is 0 Å². The van der Waals surface area contributed by atoms with E-state index in [-0.39, 0.29) is 0 Å². The number of benzene rings is 3. The molecule has 3 aromatic rings. The van der Waals surface area contributed by atoms with Crippen LogP contribution in [0.4, 0.5) is 0 Å². The number of nitrogens with one attached hydrogen (secondary N) is 2. The molecule has 8 heteroatoms. The molecule has 0 saturated carbocycles. The third-order valence-corrected chi connectivity index (χ3v) is 6.20. The lowest BCUT2D eigenvalue weighted by Crippen LogP contribution is -2.41. The first-order valence-corrected chi connectivity index (χ1v) is 13.1. The van der Waals surface area contributed by atoms with Gasteiger partial charge in [0.25, 0.3) is 11.8 Å². The number of esters is 1. The number of ether oxygens (including phenoxy) is 3. The predicted octanol–water partition coefficient (Wildman–Crippen LogP) is 5.58. The summed E-state index contributed by atoms with van der Waals surface area (Å²) >= 11 is 0. The minimum Gasteiger partial charge on any atom is -0.494 e. The van der Waals surface area contributed by atoms with Crippen molar-refractivity contribution in [3.05, 3.63) is 89.5 Å². The van der Waals surface area contributed by atoms with Gasteiger partial charge in [-0.05, 0) is 72.5 Å². The van der Waals surface area contributed by atoms with Crippen LogP contribution in [0.15, 0.2) is 72.8 Å². The Labute approximate surface area is 229 Å². The molecular weight excluding hydrogens is 496 g/mol. The summed E-state index contributed by atoms with van der Waals surface area (Å²) in [5.74, 6) is -0.601. The summed E-state index contributed by atoms with van der Waals surface area (Å²) < 4.78 is 15.6. The second-order valence-electron chi connectivity index (χ2n) is 9.04. The van der Waals surface area contributed by atoms with Crippen LogP contribution in [-0.4, -0.2) is 45.2 Å². The lowest BCUT2D eigenvalue weighted by Gasteiger charge is -2.09. The first-order valence-electron chi connectivity index (χ1n) is 13.1. The standard InChI is InChI=1S/C31H36N2O6/c1-37-21-7-5-3-4-6-8-22-39-28-19-17-24(18-20-28)23-9-11-25(12-10-23)29(34)32-33-30(35)26-13-15-27(16-14-26)31(36)38-2/h9-20H,3-8,21-22H2,1-2H3,(H,32,34)(H,33,35). The molecule has 0 saturated heterocycles. The Hall–Kier alpha value is -4.17. The van der Waals surface area contributed by atoms with Crippen molar-refractivity contribution in [2.45, 2.75) is 38.5 Å². The molecular formula is C31H36N2O6. The van der Waals surface area contributed by atoms with Gasteiger partial charge in [0.2, 0.25) is 0 Å². The van der Waals surface area contributed by atoms with E-state index < -0.39 is 17.8 Å². The maximum atomic E-state index is 12.5. The van der Waals surface area contributed by atoms with E-state index >= 15 is 0 Å². The molecule has 0 aliphatic carbocycles. The Bertz CT molecular complexity index is 1190. The number of amides is 2. The third kappa shape index (κ3) is 9.57. The van der Waals surface area contributed by atoms with Gasteiger partial charge in [0, 0.05) is 24.8 Å². The Morgan fingerprint density at radius 3 is 1.51 bits per heavy atom. The molecule has 0 unspecified atom stereocenters. The van der Waals surface area contributed by atoms with Gasteiger partial charge in [-0.2, -0.15) is 0 Å². The molecule has 0 fully saturated rings. The zero-order chi connectivity index (χ0) is 27.9. The van der Waals surface area contributed by atoms with Gasteiger partial charge in [0.1, 0.15) is 5.75 Å². The van der Waals surface area contributed by atoms with Crippen LogP contribution >= 0.6 is 0 Å². The summed E-state index contributed by atoms with van der Waals surface area (Å²) in [5.41, 5.74) is 7.77. The third-order valence-electron chi connectivity index (χ3n) is 6.20. The van der Waals surface area contributed by atoms with Crippen molar-refractivity contribution in [2.75, 3.05) is 27.4 Å². The van der Waals surface area contributed by atoms with E-state index in [4.69, 9.17) is 9.47 Å². The summed E-state index contributed by atoms with van der Waals surface area (Å²) in [4.78, 5) is 36.3. The SMILES string of the molecule is COCCCCCCCCOc1ccc(-c2ccc(C(=O)NNC(=O)c3ccc(C(=O)OC)cc3)cc2)cc1. The fourth-order valence-electron chi connectivity index (χ4n) is 3.94. The quantitative estimate of drug-likeness (QED) is 0.160. The maximum Gasteiger partial charge on any atom is 0.337 e. The minimum atomic E-state index is -0.503. The fraction of sp³-hybridized carbons (Fsp3) is 0.323. The highest BCUT2D eigenvalue weighted by molar-refractivity contribution is 6.00. The van der Waals surface area contributed by atoms with Crippen LogP contribution in [0, 0.1) is 0 Å². The van der Waals surface area contributed by atoms with Crippen LogP contribution in [0.25, 0.3) is 11.1 Å². The van der Waals surface area contributed by atoms with Gasteiger partial charge in [-0.1, -0.05) is 49.9 Å². The number of hydrogen-bond acceptors (Lipinski definition) is 6. The van der Waals surface area contributed by atoms with Crippen molar-refractivity contribution >= 4 is 17.8 Å². The second kappa shape index (κ2) is 15.9. The highest BCUT2D eigenvalue weighted by atomic mass is 16.5. The fourth-order valence-corrected chi connectivity index (χ4v) is 3.94. The molecule has 206 valence electrons. The molecule has 3 rings (SSSR count). The van der Waals surface area contributed by atoms with Gasteiger partial charge in [-0.3, -0.25) is 20.4 Å². The molecule has 0 aliphatic heterocycles. The second-order valence-corrected chi connectivity index (χ2v) is 9.04. The maximum absolute atomic E-state index is 12.5. The van der Waals surface area contributed by atoms with Gasteiger partial charge in [-0.25, -0.2) is 4.79 Å². The number of methoxy groups -OCH3 is 2. The molecule has 0 aliphatic rings. The Kier molecular flexibility index (Phi) is 12.0. The number of hydrogen-bond donors (Lipinski definition) is 2. The number of carbonyl (C=O) groups excluding carboxylic acids is 3. The number of unbranched alkanes of at least 4 members (excludes halogenated alkanes) is 5. The van der Waals surface area contributed by atoms with Gasteiger partial charge >= 0.3 is 5.97 Å². The zero-order valence-electron chi connectivity index (χ0n) is 22.5. The van der Waals surface area contributed by atoms with Crippen molar-refractivity contribution in [2.24, 2.45) is 0 Å². The number of rotatable bonds is 14. The molecule has 2 amide bonds. The summed E-state index contributed by atoms with van der Waals surface area (Å²) in [6.45, 7) is 1.55. The average molecular weight is 533 g/mol. The highest BCUT2D eigenvalue weighted by Crippen LogP contribution is 2.23. The molecule has 0 bridgehead atoms. The van der Waals surface area contributed by atoms with E-state index in [1.807, 2.05) is 36.4 Å². The van der Waals surface area contributed by atoms with Crippen molar-refractivity contribution in [1.82, 2.24) is 10.9 Å². The molecule has 0 heterocycles. The van der Waals surface area contributed by atoms with Gasteiger partial charge in [0.15, 0.2) is 0 Å². The van der Waals surface area contributed by atoms with E-state index in [1.165, 1.54) is 57.1 Å². The highest BCUT2D eigenvalue weighted by Gasteiger charge is 2.11. The molecule has 3 aromatic carbocycles. The molecule has 2 N–H and O–H groups in total. The zero-order valence-corrected chi connectivity index (χ0v) is 22.5. The van der Waals surface area contributed by atoms with Crippen LogP contribution in [-0.2, 0) is 9.47 Å². The summed E-state index contributed by atoms with van der Waals surface area (Å²) in [5, 5.41) is 0. The molecule has 0 radical (unpaired) electrons. The van der Waals surface area contributed by atoms with Gasteiger partial charge in [0.05, 0.1) is 19.3 Å². The average Bonchev–Trinajstić information content (AvgIpc) is 2.99.